The van der Waals surface area contributed by atoms with Gasteiger partial charge in [-0.1, -0.05) is 58.9 Å². The molecule has 4 nitrogen and oxygen atoms in total. The molecule has 0 amide bonds. The molecule has 2 unspecified atom stereocenters. The largest absolute Gasteiger partial charge is 0.425 e. The van der Waals surface area contributed by atoms with Crippen LogP contribution in [0.4, 0.5) is 0 Å². The van der Waals surface area contributed by atoms with Crippen LogP contribution in [0.15, 0.2) is 42.5 Å². The van der Waals surface area contributed by atoms with Crippen molar-refractivity contribution >= 4 is 17.0 Å². The Morgan fingerprint density at radius 2 is 1.61 bits per heavy atom. The number of rotatable bonds is 3. The number of benzene rings is 2. The molecule has 2 bridgehead atoms. The standard InChI is InChI=1S/C27H30N2O2/c1-16(2)18-12-11-17(3)15-21(18)31-24(30)27-14-13-26(6,25(27,4)5)22-23(27)29-20-10-8-7-9-19(20)28-22/h7-12,15-16H,13-14H2,1-6H3. The van der Waals surface area contributed by atoms with Crippen LogP contribution < -0.4 is 4.74 Å². The normalized spacial score (nSPS) is 25.8. The Bertz CT molecular complexity index is 1230. The highest BCUT2D eigenvalue weighted by Gasteiger charge is 2.74. The molecule has 2 atom stereocenters. The third-order valence-corrected chi connectivity index (χ3v) is 8.29. The van der Waals surface area contributed by atoms with E-state index in [1.165, 1.54) is 0 Å². The van der Waals surface area contributed by atoms with Crippen molar-refractivity contribution < 1.29 is 9.53 Å². The number of ether oxygens (including phenoxy) is 1. The van der Waals surface area contributed by atoms with E-state index in [1.54, 1.807) is 0 Å². The molecule has 1 fully saturated rings. The Morgan fingerprint density at radius 1 is 0.968 bits per heavy atom. The average Bonchev–Trinajstić information content (AvgIpc) is 3.01. The Morgan fingerprint density at radius 3 is 2.26 bits per heavy atom. The molecule has 2 aliphatic rings. The predicted octanol–water partition coefficient (Wildman–Crippen LogP) is 6.00. The van der Waals surface area contributed by atoms with E-state index in [9.17, 15) is 4.79 Å². The van der Waals surface area contributed by atoms with Crippen LogP contribution in [0.5, 0.6) is 5.75 Å². The first kappa shape index (κ1) is 20.2. The van der Waals surface area contributed by atoms with Gasteiger partial charge in [0.2, 0.25) is 0 Å². The van der Waals surface area contributed by atoms with Crippen molar-refractivity contribution in [1.82, 2.24) is 9.97 Å². The summed E-state index contributed by atoms with van der Waals surface area (Å²) in [5.74, 6) is 0.736. The van der Waals surface area contributed by atoms with Crippen LogP contribution in [0.2, 0.25) is 0 Å². The molecule has 5 rings (SSSR count). The third kappa shape index (κ3) is 2.45. The maximum atomic E-state index is 14.0. The van der Waals surface area contributed by atoms with E-state index in [-0.39, 0.29) is 22.7 Å². The molecule has 0 N–H and O–H groups in total. The van der Waals surface area contributed by atoms with E-state index in [4.69, 9.17) is 14.7 Å². The Balaban J connectivity index is 1.68. The lowest BCUT2D eigenvalue weighted by molar-refractivity contribution is -0.145. The summed E-state index contributed by atoms with van der Waals surface area (Å²) < 4.78 is 6.24. The minimum absolute atomic E-state index is 0.197. The second-order valence-corrected chi connectivity index (χ2v) is 10.4. The molecule has 0 spiro atoms. The monoisotopic (exact) mass is 414 g/mol. The molecule has 1 saturated carbocycles. The fourth-order valence-corrected chi connectivity index (χ4v) is 5.89. The van der Waals surface area contributed by atoms with Crippen molar-refractivity contribution in [2.75, 3.05) is 0 Å². The molecule has 1 aromatic heterocycles. The molecule has 2 aliphatic carbocycles. The molecule has 0 aliphatic heterocycles. The number of fused-ring (bicyclic) bond motifs is 6. The van der Waals surface area contributed by atoms with Gasteiger partial charge in [0.05, 0.1) is 22.4 Å². The zero-order valence-corrected chi connectivity index (χ0v) is 19.2. The topological polar surface area (TPSA) is 52.1 Å². The molecule has 0 radical (unpaired) electrons. The minimum atomic E-state index is -0.799. The van der Waals surface area contributed by atoms with Gasteiger partial charge in [-0.05, 0) is 60.4 Å². The quantitative estimate of drug-likeness (QED) is 0.390. The van der Waals surface area contributed by atoms with Crippen LogP contribution in [-0.2, 0) is 15.6 Å². The number of hydrogen-bond donors (Lipinski definition) is 0. The summed E-state index contributed by atoms with van der Waals surface area (Å²) in [5, 5.41) is 0. The fraction of sp³-hybridized carbons (Fsp3) is 0.444. The number of esters is 1. The van der Waals surface area contributed by atoms with Crippen LogP contribution in [0.3, 0.4) is 0 Å². The summed E-state index contributed by atoms with van der Waals surface area (Å²) in [7, 11) is 0. The number of hydrogen-bond acceptors (Lipinski definition) is 4. The van der Waals surface area contributed by atoms with Gasteiger partial charge in [0.25, 0.3) is 0 Å². The molecule has 0 saturated heterocycles. The number of nitrogens with zero attached hydrogens (tertiary/aromatic N) is 2. The maximum Gasteiger partial charge on any atom is 0.324 e. The Labute approximate surface area is 184 Å². The summed E-state index contributed by atoms with van der Waals surface area (Å²) in [6.07, 6.45) is 1.64. The number of para-hydroxylation sites is 2. The van der Waals surface area contributed by atoms with Gasteiger partial charge >= 0.3 is 5.97 Å². The van der Waals surface area contributed by atoms with E-state index in [0.29, 0.717) is 5.75 Å². The summed E-state index contributed by atoms with van der Waals surface area (Å²) >= 11 is 0. The smallest absolute Gasteiger partial charge is 0.324 e. The van der Waals surface area contributed by atoms with Crippen molar-refractivity contribution in [3.63, 3.8) is 0 Å². The Kier molecular flexibility index (Phi) is 4.15. The molecule has 3 aromatic rings. The number of aromatic nitrogens is 2. The summed E-state index contributed by atoms with van der Waals surface area (Å²) in [5.41, 5.74) is 4.27. The van der Waals surface area contributed by atoms with Gasteiger partial charge < -0.3 is 4.74 Å². The van der Waals surface area contributed by atoms with Crippen molar-refractivity contribution in [3.8, 4) is 5.75 Å². The number of carbonyl (C=O) groups is 1. The van der Waals surface area contributed by atoms with Gasteiger partial charge in [0.15, 0.2) is 0 Å². The van der Waals surface area contributed by atoms with E-state index in [0.717, 1.165) is 46.4 Å². The minimum Gasteiger partial charge on any atom is -0.425 e. The van der Waals surface area contributed by atoms with Gasteiger partial charge in [-0.15, -0.1) is 0 Å². The van der Waals surface area contributed by atoms with Gasteiger partial charge in [0.1, 0.15) is 11.2 Å². The molecular weight excluding hydrogens is 384 g/mol. The molecule has 4 heteroatoms. The predicted molar refractivity (Wildman–Crippen MR) is 122 cm³/mol. The number of aryl methyl sites for hydroxylation is 1. The SMILES string of the molecule is Cc1ccc(C(C)C)c(OC(=O)C23CCC(C)(c4nc5ccccc5nc42)C3(C)C)c1. The van der Waals surface area contributed by atoms with Crippen LogP contribution in [0, 0.1) is 12.3 Å². The highest BCUT2D eigenvalue weighted by molar-refractivity contribution is 5.90. The lowest BCUT2D eigenvalue weighted by atomic mass is 9.64. The van der Waals surface area contributed by atoms with Crippen LogP contribution in [-0.4, -0.2) is 15.9 Å². The van der Waals surface area contributed by atoms with Gasteiger partial charge in [-0.25, -0.2) is 9.97 Å². The zero-order chi connectivity index (χ0) is 22.2. The first-order chi connectivity index (χ1) is 14.6. The number of carbonyl (C=O) groups excluding carboxylic acids is 1. The highest BCUT2D eigenvalue weighted by atomic mass is 16.5. The van der Waals surface area contributed by atoms with Crippen molar-refractivity contribution in [1.29, 1.82) is 0 Å². The molecular formula is C27H30N2O2. The third-order valence-electron chi connectivity index (χ3n) is 8.29. The lowest BCUT2D eigenvalue weighted by Crippen LogP contribution is -2.48. The summed E-state index contributed by atoms with van der Waals surface area (Å²) in [6.45, 7) is 12.9. The van der Waals surface area contributed by atoms with Crippen molar-refractivity contribution in [2.24, 2.45) is 5.41 Å². The van der Waals surface area contributed by atoms with Crippen molar-refractivity contribution in [2.45, 2.75) is 71.1 Å². The summed E-state index contributed by atoms with van der Waals surface area (Å²) in [6, 6.07) is 14.0. The average molecular weight is 415 g/mol. The maximum absolute atomic E-state index is 14.0. The van der Waals surface area contributed by atoms with Crippen LogP contribution >= 0.6 is 0 Å². The first-order valence-electron chi connectivity index (χ1n) is 11.2. The van der Waals surface area contributed by atoms with Gasteiger partial charge in [-0.3, -0.25) is 4.79 Å². The molecule has 31 heavy (non-hydrogen) atoms. The van der Waals surface area contributed by atoms with E-state index in [2.05, 4.69) is 46.8 Å². The zero-order valence-electron chi connectivity index (χ0n) is 19.2. The van der Waals surface area contributed by atoms with Crippen LogP contribution in [0.1, 0.15) is 75.9 Å². The van der Waals surface area contributed by atoms with Crippen molar-refractivity contribution in [3.05, 3.63) is 65.0 Å². The fourth-order valence-electron chi connectivity index (χ4n) is 5.89. The first-order valence-corrected chi connectivity index (χ1v) is 11.2. The molecule has 2 aromatic carbocycles. The molecule has 160 valence electrons. The Hall–Kier alpha value is -2.75. The highest BCUT2D eigenvalue weighted by Crippen LogP contribution is 2.70. The summed E-state index contributed by atoms with van der Waals surface area (Å²) in [4.78, 5) is 24.1. The van der Waals surface area contributed by atoms with Gasteiger partial charge in [-0.2, -0.15) is 0 Å². The van der Waals surface area contributed by atoms with Gasteiger partial charge in [0, 0.05) is 5.41 Å². The second kappa shape index (κ2) is 6.38. The van der Waals surface area contributed by atoms with E-state index >= 15 is 0 Å². The van der Waals surface area contributed by atoms with E-state index in [1.807, 2.05) is 37.3 Å². The lowest BCUT2D eigenvalue weighted by Gasteiger charge is -2.38. The molecule has 1 heterocycles. The van der Waals surface area contributed by atoms with Crippen LogP contribution in [0.25, 0.3) is 11.0 Å². The van der Waals surface area contributed by atoms with E-state index < -0.39 is 5.41 Å². The second-order valence-electron chi connectivity index (χ2n) is 10.4.